The van der Waals surface area contributed by atoms with E-state index in [2.05, 4.69) is 41.7 Å². The van der Waals surface area contributed by atoms with Crippen LogP contribution in [-0.4, -0.2) is 16.1 Å². The average molecular weight is 257 g/mol. The largest absolute Gasteiger partial charge is 0.331 e. The van der Waals surface area contributed by atoms with E-state index in [1.807, 2.05) is 0 Å². The van der Waals surface area contributed by atoms with E-state index in [0.717, 1.165) is 17.9 Å². The smallest absolute Gasteiger partial charge is 0.106 e. The van der Waals surface area contributed by atoms with Gasteiger partial charge in [0.15, 0.2) is 0 Å². The van der Waals surface area contributed by atoms with Gasteiger partial charge in [0, 0.05) is 19.0 Å². The molecular weight excluding hydrogens is 234 g/mol. The van der Waals surface area contributed by atoms with Gasteiger partial charge in [0.1, 0.15) is 5.82 Å². The molecule has 0 aliphatic heterocycles. The molecule has 1 aliphatic carbocycles. The number of nitrogens with two attached hydrogens (primary N) is 1. The fourth-order valence-electron chi connectivity index (χ4n) is 3.48. The number of aryl methyl sites for hydroxylation is 2. The number of imidazole rings is 1. The van der Waals surface area contributed by atoms with Gasteiger partial charge in [-0.05, 0) is 37.5 Å². The molecule has 1 saturated carbocycles. The van der Waals surface area contributed by atoms with Crippen molar-refractivity contribution in [2.24, 2.45) is 12.8 Å². The normalized spacial score (nSPS) is 18.9. The van der Waals surface area contributed by atoms with E-state index in [4.69, 9.17) is 5.73 Å². The Bertz CT molecular complexity index is 591. The van der Waals surface area contributed by atoms with Crippen LogP contribution in [0.3, 0.4) is 0 Å². The van der Waals surface area contributed by atoms with E-state index in [0.29, 0.717) is 0 Å². The minimum Gasteiger partial charge on any atom is -0.331 e. The highest BCUT2D eigenvalue weighted by Crippen LogP contribution is 2.39. The van der Waals surface area contributed by atoms with Crippen LogP contribution in [0.25, 0.3) is 11.0 Å². The Morgan fingerprint density at radius 1 is 1.26 bits per heavy atom. The summed E-state index contributed by atoms with van der Waals surface area (Å²) in [6, 6.07) is 6.71. The van der Waals surface area contributed by atoms with Gasteiger partial charge >= 0.3 is 0 Å². The highest BCUT2D eigenvalue weighted by atomic mass is 15.0. The van der Waals surface area contributed by atoms with Crippen LogP contribution in [0.4, 0.5) is 0 Å². The molecule has 0 spiro atoms. The molecule has 3 heteroatoms. The number of benzene rings is 1. The summed E-state index contributed by atoms with van der Waals surface area (Å²) in [5.41, 5.74) is 10.1. The van der Waals surface area contributed by atoms with Crippen molar-refractivity contribution in [1.82, 2.24) is 9.55 Å². The second-order valence-electron chi connectivity index (χ2n) is 5.97. The molecule has 1 fully saturated rings. The maximum Gasteiger partial charge on any atom is 0.106 e. The number of rotatable bonds is 2. The standard InChI is InChI=1S/C16H23N3/c1-12-18-14-7-6-13(10-15(14)19(12)2)16(11-17)8-4-3-5-9-16/h6-7,10H,3-5,8-9,11,17H2,1-2H3. The van der Waals surface area contributed by atoms with Crippen LogP contribution in [0, 0.1) is 6.92 Å². The number of hydrogen-bond acceptors (Lipinski definition) is 2. The Labute approximate surface area is 114 Å². The summed E-state index contributed by atoms with van der Waals surface area (Å²) in [4.78, 5) is 4.58. The van der Waals surface area contributed by atoms with Gasteiger partial charge in [0.2, 0.25) is 0 Å². The third-order valence-electron chi connectivity index (χ3n) is 4.92. The van der Waals surface area contributed by atoms with Crippen molar-refractivity contribution in [3.63, 3.8) is 0 Å². The topological polar surface area (TPSA) is 43.8 Å². The van der Waals surface area contributed by atoms with Crippen LogP contribution in [0.1, 0.15) is 43.5 Å². The van der Waals surface area contributed by atoms with Gasteiger partial charge in [-0.1, -0.05) is 25.3 Å². The third-order valence-corrected chi connectivity index (χ3v) is 4.92. The number of fused-ring (bicyclic) bond motifs is 1. The minimum absolute atomic E-state index is 0.199. The first-order valence-electron chi connectivity index (χ1n) is 7.30. The van der Waals surface area contributed by atoms with Gasteiger partial charge < -0.3 is 10.3 Å². The Morgan fingerprint density at radius 3 is 2.68 bits per heavy atom. The summed E-state index contributed by atoms with van der Waals surface area (Å²) in [6.07, 6.45) is 6.42. The van der Waals surface area contributed by atoms with Crippen molar-refractivity contribution >= 4 is 11.0 Å². The molecule has 2 aromatic rings. The van der Waals surface area contributed by atoms with Gasteiger partial charge in [0.05, 0.1) is 11.0 Å². The Hall–Kier alpha value is -1.35. The predicted molar refractivity (Wildman–Crippen MR) is 79.3 cm³/mol. The molecule has 3 rings (SSSR count). The van der Waals surface area contributed by atoms with Crippen molar-refractivity contribution in [2.45, 2.75) is 44.4 Å². The second kappa shape index (κ2) is 4.64. The van der Waals surface area contributed by atoms with Crippen molar-refractivity contribution in [2.75, 3.05) is 6.54 Å². The van der Waals surface area contributed by atoms with Crippen molar-refractivity contribution in [1.29, 1.82) is 0 Å². The van der Waals surface area contributed by atoms with Crippen LogP contribution in [0.15, 0.2) is 18.2 Å². The quantitative estimate of drug-likeness (QED) is 0.898. The molecule has 1 heterocycles. The molecule has 0 radical (unpaired) electrons. The summed E-state index contributed by atoms with van der Waals surface area (Å²) in [5, 5.41) is 0. The van der Waals surface area contributed by atoms with Crippen LogP contribution in [0.5, 0.6) is 0 Å². The summed E-state index contributed by atoms with van der Waals surface area (Å²) < 4.78 is 2.17. The van der Waals surface area contributed by atoms with Crippen LogP contribution in [-0.2, 0) is 12.5 Å². The van der Waals surface area contributed by atoms with E-state index in [1.54, 1.807) is 0 Å². The number of aromatic nitrogens is 2. The van der Waals surface area contributed by atoms with Crippen molar-refractivity contribution in [3.8, 4) is 0 Å². The molecule has 19 heavy (non-hydrogen) atoms. The molecular formula is C16H23N3. The highest BCUT2D eigenvalue weighted by molar-refractivity contribution is 5.77. The molecule has 102 valence electrons. The number of nitrogens with zero attached hydrogens (tertiary/aromatic N) is 2. The molecule has 0 bridgehead atoms. The fraction of sp³-hybridized carbons (Fsp3) is 0.562. The first-order valence-corrected chi connectivity index (χ1v) is 7.30. The lowest BCUT2D eigenvalue weighted by molar-refractivity contribution is 0.301. The zero-order valence-corrected chi connectivity index (χ0v) is 11.9. The minimum atomic E-state index is 0.199. The first-order chi connectivity index (χ1) is 9.16. The summed E-state index contributed by atoms with van der Waals surface area (Å²) >= 11 is 0. The fourth-order valence-corrected chi connectivity index (χ4v) is 3.48. The number of hydrogen-bond donors (Lipinski definition) is 1. The Kier molecular flexibility index (Phi) is 3.09. The monoisotopic (exact) mass is 257 g/mol. The first kappa shape index (κ1) is 12.7. The SMILES string of the molecule is Cc1nc2ccc(C3(CN)CCCCC3)cc2n1C. The van der Waals surface area contributed by atoms with E-state index in [1.165, 1.54) is 43.2 Å². The summed E-state index contributed by atoms with van der Waals surface area (Å²) in [5.74, 6) is 1.07. The van der Waals surface area contributed by atoms with Crippen molar-refractivity contribution in [3.05, 3.63) is 29.6 Å². The Balaban J connectivity index is 2.11. The van der Waals surface area contributed by atoms with Gasteiger partial charge in [-0.15, -0.1) is 0 Å². The summed E-state index contributed by atoms with van der Waals surface area (Å²) in [7, 11) is 2.09. The maximum atomic E-state index is 6.14. The lowest BCUT2D eigenvalue weighted by Gasteiger charge is -2.36. The maximum absolute atomic E-state index is 6.14. The molecule has 3 nitrogen and oxygen atoms in total. The second-order valence-corrected chi connectivity index (χ2v) is 5.97. The lowest BCUT2D eigenvalue weighted by Crippen LogP contribution is -2.37. The molecule has 2 N–H and O–H groups in total. The lowest BCUT2D eigenvalue weighted by atomic mass is 9.69. The highest BCUT2D eigenvalue weighted by Gasteiger charge is 2.32. The third kappa shape index (κ3) is 1.96. The van der Waals surface area contributed by atoms with E-state index < -0.39 is 0 Å². The van der Waals surface area contributed by atoms with Crippen LogP contribution < -0.4 is 5.73 Å². The molecule has 0 atom stereocenters. The summed E-state index contributed by atoms with van der Waals surface area (Å²) in [6.45, 7) is 2.81. The molecule has 0 unspecified atom stereocenters. The molecule has 1 aromatic carbocycles. The Morgan fingerprint density at radius 2 is 2.00 bits per heavy atom. The van der Waals surface area contributed by atoms with Crippen molar-refractivity contribution < 1.29 is 0 Å². The van der Waals surface area contributed by atoms with E-state index >= 15 is 0 Å². The van der Waals surface area contributed by atoms with Crippen LogP contribution >= 0.6 is 0 Å². The molecule has 1 aliphatic rings. The molecule has 1 aromatic heterocycles. The van der Waals surface area contributed by atoms with E-state index in [9.17, 15) is 0 Å². The zero-order chi connectivity index (χ0) is 13.5. The predicted octanol–water partition coefficient (Wildman–Crippen LogP) is 3.04. The molecule has 0 amide bonds. The van der Waals surface area contributed by atoms with E-state index in [-0.39, 0.29) is 5.41 Å². The van der Waals surface area contributed by atoms with Crippen LogP contribution in [0.2, 0.25) is 0 Å². The van der Waals surface area contributed by atoms with Gasteiger partial charge in [-0.3, -0.25) is 0 Å². The average Bonchev–Trinajstić information content (AvgIpc) is 2.74. The van der Waals surface area contributed by atoms with Gasteiger partial charge in [0.25, 0.3) is 0 Å². The van der Waals surface area contributed by atoms with Gasteiger partial charge in [-0.25, -0.2) is 4.98 Å². The van der Waals surface area contributed by atoms with Gasteiger partial charge in [-0.2, -0.15) is 0 Å². The molecule has 0 saturated heterocycles. The zero-order valence-electron chi connectivity index (χ0n) is 11.9.